The lowest BCUT2D eigenvalue weighted by molar-refractivity contribution is -0.435. The number of halogens is 1. The molecule has 0 spiro atoms. The number of ether oxygens (including phenoxy) is 3. The Kier molecular flexibility index (Phi) is 5.14. The maximum atomic E-state index is 13.4. The van der Waals surface area contributed by atoms with Crippen LogP contribution in [-0.2, 0) is 15.7 Å². The monoisotopic (exact) mass is 292 g/mol. The van der Waals surface area contributed by atoms with Crippen molar-refractivity contribution in [3.8, 4) is 11.5 Å². The summed E-state index contributed by atoms with van der Waals surface area (Å²) in [5.41, 5.74) is 0.306. The third-order valence-electron chi connectivity index (χ3n) is 2.87. The Labute approximate surface area is 122 Å². The van der Waals surface area contributed by atoms with E-state index < -0.39 is 5.97 Å². The molecule has 0 bridgehead atoms. The molecule has 1 unspecified atom stereocenters. The summed E-state index contributed by atoms with van der Waals surface area (Å²) in [4.78, 5) is 4.09. The maximum Gasteiger partial charge on any atom is 0.392 e. The zero-order valence-corrected chi connectivity index (χ0v) is 11.9. The van der Waals surface area contributed by atoms with Gasteiger partial charge in [-0.25, -0.2) is 0 Å². The molecular weight excluding hydrogens is 275 g/mol. The highest BCUT2D eigenvalue weighted by molar-refractivity contribution is 5.37. The predicted octanol–water partition coefficient (Wildman–Crippen LogP) is 3.82. The second kappa shape index (κ2) is 7.06. The first-order valence-corrected chi connectivity index (χ1v) is 6.57. The molecule has 0 saturated carbocycles. The van der Waals surface area contributed by atoms with Crippen LogP contribution in [0.3, 0.4) is 0 Å². The molecular formula is C16H17FO4. The molecule has 0 aliphatic heterocycles. The first-order valence-electron chi connectivity index (χ1n) is 6.57. The molecule has 0 fully saturated rings. The summed E-state index contributed by atoms with van der Waals surface area (Å²) in [6, 6.07) is 15.5. The van der Waals surface area contributed by atoms with E-state index in [1.54, 1.807) is 55.5 Å². The summed E-state index contributed by atoms with van der Waals surface area (Å²) in [5, 5.41) is 0. The van der Waals surface area contributed by atoms with Gasteiger partial charge in [-0.2, -0.15) is 0 Å². The molecule has 0 aromatic heterocycles. The molecule has 21 heavy (non-hydrogen) atoms. The Balaban J connectivity index is 2.45. The van der Waals surface area contributed by atoms with Gasteiger partial charge in [0, 0.05) is 0 Å². The largest absolute Gasteiger partial charge is 0.496 e. The topological polar surface area (TPSA) is 36.9 Å². The maximum absolute atomic E-state index is 13.4. The van der Waals surface area contributed by atoms with Crippen molar-refractivity contribution < 1.29 is 23.7 Å². The Morgan fingerprint density at radius 3 is 2.29 bits per heavy atom. The van der Waals surface area contributed by atoms with Crippen LogP contribution >= 0.6 is 0 Å². The average molecular weight is 292 g/mol. The summed E-state index contributed by atoms with van der Waals surface area (Å²) in [5.74, 6) is -1.20. The van der Waals surface area contributed by atoms with Gasteiger partial charge < -0.3 is 14.2 Å². The van der Waals surface area contributed by atoms with Gasteiger partial charge in [0.2, 0.25) is 0 Å². The van der Waals surface area contributed by atoms with Crippen LogP contribution in [-0.4, -0.2) is 13.7 Å². The number of hydrogen-bond acceptors (Lipinski definition) is 4. The van der Waals surface area contributed by atoms with Gasteiger partial charge in [0.15, 0.2) is 0 Å². The van der Waals surface area contributed by atoms with Gasteiger partial charge in [0.1, 0.15) is 11.5 Å². The molecule has 4 nitrogen and oxygen atoms in total. The second-order valence-electron chi connectivity index (χ2n) is 4.18. The van der Waals surface area contributed by atoms with Gasteiger partial charge >= 0.3 is 5.97 Å². The van der Waals surface area contributed by atoms with Crippen LogP contribution in [0.15, 0.2) is 54.6 Å². The fraction of sp³-hybridized carbons (Fsp3) is 0.250. The number of methoxy groups -OCH3 is 1. The molecule has 0 radical (unpaired) electrons. The lowest BCUT2D eigenvalue weighted by atomic mass is 10.1. The zero-order chi connectivity index (χ0) is 15.1. The normalized spacial score (nSPS) is 13.5. The van der Waals surface area contributed by atoms with Crippen LogP contribution in [0.5, 0.6) is 11.5 Å². The van der Waals surface area contributed by atoms with Crippen molar-refractivity contribution in [1.82, 2.24) is 0 Å². The van der Waals surface area contributed by atoms with E-state index in [2.05, 4.69) is 4.94 Å². The van der Waals surface area contributed by atoms with Crippen molar-refractivity contribution in [2.24, 2.45) is 0 Å². The van der Waals surface area contributed by atoms with Crippen LogP contribution < -0.4 is 9.47 Å². The lowest BCUT2D eigenvalue weighted by Gasteiger charge is -2.30. The SMILES string of the molecule is CCOC(OF)(Oc1ccccc1)c1ccccc1OC. The van der Waals surface area contributed by atoms with Crippen molar-refractivity contribution in [2.75, 3.05) is 13.7 Å². The van der Waals surface area contributed by atoms with Gasteiger partial charge in [-0.3, -0.25) is 0 Å². The molecule has 0 heterocycles. The first-order chi connectivity index (χ1) is 10.3. The van der Waals surface area contributed by atoms with Crippen LogP contribution in [0.25, 0.3) is 0 Å². The lowest BCUT2D eigenvalue weighted by Crippen LogP contribution is -2.37. The summed E-state index contributed by atoms with van der Waals surface area (Å²) in [6.07, 6.45) is 0. The third-order valence-corrected chi connectivity index (χ3v) is 2.87. The molecule has 1 atom stereocenters. The number of hydrogen-bond donors (Lipinski definition) is 0. The molecule has 0 aliphatic rings. The molecule has 112 valence electrons. The summed E-state index contributed by atoms with van der Waals surface area (Å²) >= 11 is 0. The highest BCUT2D eigenvalue weighted by Gasteiger charge is 2.42. The number of benzene rings is 2. The smallest absolute Gasteiger partial charge is 0.392 e. The summed E-state index contributed by atoms with van der Waals surface area (Å²) in [7, 11) is 1.48. The van der Waals surface area contributed by atoms with E-state index in [1.807, 2.05) is 6.07 Å². The van der Waals surface area contributed by atoms with Crippen LogP contribution in [0.2, 0.25) is 0 Å². The molecule has 5 heteroatoms. The first kappa shape index (κ1) is 15.3. The third kappa shape index (κ3) is 3.32. The minimum absolute atomic E-state index is 0.189. The van der Waals surface area contributed by atoms with Gasteiger partial charge in [0.05, 0.1) is 19.3 Å². The van der Waals surface area contributed by atoms with Crippen molar-refractivity contribution in [2.45, 2.75) is 12.9 Å². The Hall–Kier alpha value is -2.11. The Bertz CT molecular complexity index is 561. The Morgan fingerprint density at radius 2 is 1.67 bits per heavy atom. The van der Waals surface area contributed by atoms with E-state index >= 15 is 0 Å². The van der Waals surface area contributed by atoms with Crippen molar-refractivity contribution >= 4 is 0 Å². The summed E-state index contributed by atoms with van der Waals surface area (Å²) < 4.78 is 29.6. The van der Waals surface area contributed by atoms with Gasteiger partial charge in [-0.1, -0.05) is 30.3 Å². The quantitative estimate of drug-likeness (QED) is 0.727. The summed E-state index contributed by atoms with van der Waals surface area (Å²) in [6.45, 7) is 1.91. The minimum Gasteiger partial charge on any atom is -0.496 e. The standard InChI is InChI=1S/C16H17FO4/c1-3-19-16(21-17,20-13-9-5-4-6-10-13)14-11-7-8-12-15(14)18-2/h4-12H,3H2,1-2H3. The van der Waals surface area contributed by atoms with Gasteiger partial charge in [-0.05, 0) is 35.7 Å². The van der Waals surface area contributed by atoms with Crippen molar-refractivity contribution in [3.63, 3.8) is 0 Å². The molecule has 2 aromatic rings. The van der Waals surface area contributed by atoms with Crippen molar-refractivity contribution in [1.29, 1.82) is 0 Å². The number of para-hydroxylation sites is 2. The second-order valence-corrected chi connectivity index (χ2v) is 4.18. The van der Waals surface area contributed by atoms with Crippen LogP contribution in [0.4, 0.5) is 4.53 Å². The predicted molar refractivity (Wildman–Crippen MR) is 75.6 cm³/mol. The van der Waals surface area contributed by atoms with Crippen LogP contribution in [0, 0.1) is 0 Å². The number of rotatable bonds is 7. The molecule has 0 aliphatic carbocycles. The van der Waals surface area contributed by atoms with Gasteiger partial charge in [0.25, 0.3) is 0 Å². The minimum atomic E-state index is -2.01. The highest BCUT2D eigenvalue weighted by atomic mass is 19.3. The van der Waals surface area contributed by atoms with E-state index in [1.165, 1.54) is 7.11 Å². The molecule has 0 amide bonds. The molecule has 2 aromatic carbocycles. The van der Waals surface area contributed by atoms with E-state index in [0.717, 1.165) is 0 Å². The van der Waals surface area contributed by atoms with Gasteiger partial charge in [-0.15, -0.1) is 4.94 Å². The average Bonchev–Trinajstić information content (AvgIpc) is 2.55. The van der Waals surface area contributed by atoms with E-state index in [4.69, 9.17) is 14.2 Å². The molecule has 2 rings (SSSR count). The van der Waals surface area contributed by atoms with E-state index in [0.29, 0.717) is 17.1 Å². The van der Waals surface area contributed by atoms with E-state index in [9.17, 15) is 4.53 Å². The van der Waals surface area contributed by atoms with Crippen LogP contribution in [0.1, 0.15) is 12.5 Å². The Morgan fingerprint density at radius 1 is 1.00 bits per heavy atom. The van der Waals surface area contributed by atoms with E-state index in [-0.39, 0.29) is 6.61 Å². The fourth-order valence-corrected chi connectivity index (χ4v) is 1.97. The molecule has 0 saturated heterocycles. The molecule has 0 N–H and O–H groups in total. The van der Waals surface area contributed by atoms with Crippen molar-refractivity contribution in [3.05, 3.63) is 60.2 Å². The fourth-order valence-electron chi connectivity index (χ4n) is 1.97. The zero-order valence-electron chi connectivity index (χ0n) is 11.9. The highest BCUT2D eigenvalue weighted by Crippen LogP contribution is 2.36.